The predicted octanol–water partition coefficient (Wildman–Crippen LogP) is -0.151. The maximum Gasteiger partial charge on any atom is 0.328 e. The summed E-state index contributed by atoms with van der Waals surface area (Å²) < 4.78 is 23.8. The van der Waals surface area contributed by atoms with Gasteiger partial charge in [-0.1, -0.05) is 23.8 Å². The van der Waals surface area contributed by atoms with Crippen molar-refractivity contribution >= 4 is 10.0 Å². The van der Waals surface area contributed by atoms with Crippen LogP contribution >= 0.6 is 0 Å². The summed E-state index contributed by atoms with van der Waals surface area (Å²) in [6.45, 7) is 3.94. The molecule has 0 aliphatic carbocycles. The van der Waals surface area contributed by atoms with E-state index >= 15 is 0 Å². The zero-order chi connectivity index (χ0) is 15.8. The molecule has 0 saturated carbocycles. The first-order valence-electron chi connectivity index (χ1n) is 6.11. The molecule has 0 atom stereocenters. The zero-order valence-electron chi connectivity index (χ0n) is 11.6. The van der Waals surface area contributed by atoms with Crippen molar-refractivity contribution < 1.29 is 8.42 Å². The summed E-state index contributed by atoms with van der Waals surface area (Å²) in [6, 6.07) is 5.73. The maximum absolute atomic E-state index is 11.8. The number of aryl methyl sites for hydroxylation is 2. The van der Waals surface area contributed by atoms with E-state index in [1.807, 2.05) is 37.0 Å². The van der Waals surface area contributed by atoms with Gasteiger partial charge in [0.1, 0.15) is 0 Å². The second-order valence-corrected chi connectivity index (χ2v) is 6.39. The second-order valence-electron chi connectivity index (χ2n) is 4.86. The SMILES string of the molecule is Cc1ccc(C)c(Cn2cc(S(N)(=O)=O)c(=O)[nH]c2=O)c1. The molecule has 8 heteroatoms. The molecular weight excluding hydrogens is 294 g/mol. The number of hydrogen-bond donors (Lipinski definition) is 2. The third-order valence-corrected chi connectivity index (χ3v) is 4.03. The normalized spacial score (nSPS) is 11.6. The molecule has 3 N–H and O–H groups in total. The number of benzene rings is 1. The Hall–Kier alpha value is -2.19. The van der Waals surface area contributed by atoms with Crippen LogP contribution in [0.3, 0.4) is 0 Å². The minimum absolute atomic E-state index is 0.144. The van der Waals surface area contributed by atoms with Crippen molar-refractivity contribution in [3.05, 3.63) is 61.9 Å². The Morgan fingerprint density at radius 3 is 2.52 bits per heavy atom. The van der Waals surface area contributed by atoms with Gasteiger partial charge < -0.3 is 0 Å². The van der Waals surface area contributed by atoms with E-state index in [1.54, 1.807) is 0 Å². The molecule has 0 aliphatic rings. The molecule has 1 aromatic carbocycles. The van der Waals surface area contributed by atoms with Gasteiger partial charge >= 0.3 is 5.69 Å². The molecule has 112 valence electrons. The van der Waals surface area contributed by atoms with Crippen molar-refractivity contribution in [2.24, 2.45) is 5.14 Å². The maximum atomic E-state index is 11.8. The lowest BCUT2D eigenvalue weighted by Crippen LogP contribution is -2.35. The quantitative estimate of drug-likeness (QED) is 0.820. The van der Waals surface area contributed by atoms with Crippen LogP contribution in [-0.2, 0) is 16.6 Å². The average Bonchev–Trinajstić information content (AvgIpc) is 2.35. The van der Waals surface area contributed by atoms with Crippen LogP contribution < -0.4 is 16.4 Å². The van der Waals surface area contributed by atoms with Crippen molar-refractivity contribution in [3.63, 3.8) is 0 Å². The summed E-state index contributed by atoms with van der Waals surface area (Å²) >= 11 is 0. The van der Waals surface area contributed by atoms with Crippen LogP contribution in [0.2, 0.25) is 0 Å². The smallest absolute Gasteiger partial charge is 0.295 e. The number of hydrogen-bond acceptors (Lipinski definition) is 4. The topological polar surface area (TPSA) is 115 Å². The second kappa shape index (κ2) is 5.30. The van der Waals surface area contributed by atoms with E-state index in [4.69, 9.17) is 5.14 Å². The standard InChI is InChI=1S/C13H15N3O4S/c1-8-3-4-9(2)10(5-8)6-16-7-11(21(14,19)20)12(17)15-13(16)18/h3-5,7H,6H2,1-2H3,(H2,14,19,20)(H,15,17,18). The molecule has 1 aromatic heterocycles. The molecule has 0 radical (unpaired) electrons. The Kier molecular flexibility index (Phi) is 3.84. The van der Waals surface area contributed by atoms with Gasteiger partial charge in [0.15, 0.2) is 4.90 Å². The van der Waals surface area contributed by atoms with E-state index in [1.165, 1.54) is 0 Å². The van der Waals surface area contributed by atoms with Gasteiger partial charge in [0.25, 0.3) is 5.56 Å². The lowest BCUT2D eigenvalue weighted by Gasteiger charge is -2.10. The van der Waals surface area contributed by atoms with E-state index in [-0.39, 0.29) is 6.54 Å². The van der Waals surface area contributed by atoms with Gasteiger partial charge in [-0.15, -0.1) is 0 Å². The fraction of sp³-hybridized carbons (Fsp3) is 0.231. The first kappa shape index (κ1) is 15.2. The van der Waals surface area contributed by atoms with E-state index in [9.17, 15) is 18.0 Å². The molecular formula is C13H15N3O4S. The minimum Gasteiger partial charge on any atom is -0.295 e. The molecule has 1 heterocycles. The van der Waals surface area contributed by atoms with E-state index in [2.05, 4.69) is 0 Å². The Bertz CT molecular complexity index is 910. The van der Waals surface area contributed by atoms with Crippen LogP contribution in [0.4, 0.5) is 0 Å². The first-order valence-corrected chi connectivity index (χ1v) is 7.66. The number of nitrogens with one attached hydrogen (secondary N) is 1. The fourth-order valence-corrected chi connectivity index (χ4v) is 2.55. The number of primary sulfonamides is 1. The highest BCUT2D eigenvalue weighted by Crippen LogP contribution is 2.11. The molecule has 0 fully saturated rings. The number of sulfonamides is 1. The molecule has 2 aromatic rings. The van der Waals surface area contributed by atoms with Gasteiger partial charge in [-0.2, -0.15) is 0 Å². The molecule has 7 nitrogen and oxygen atoms in total. The van der Waals surface area contributed by atoms with Crippen molar-refractivity contribution in [3.8, 4) is 0 Å². The molecule has 0 bridgehead atoms. The van der Waals surface area contributed by atoms with Crippen LogP contribution in [-0.4, -0.2) is 18.0 Å². The Balaban J connectivity index is 2.58. The van der Waals surface area contributed by atoms with Crippen molar-refractivity contribution in [2.45, 2.75) is 25.3 Å². The average molecular weight is 309 g/mol. The molecule has 21 heavy (non-hydrogen) atoms. The van der Waals surface area contributed by atoms with Crippen LogP contribution in [0.25, 0.3) is 0 Å². The van der Waals surface area contributed by atoms with Gasteiger partial charge in [-0.25, -0.2) is 18.4 Å². The first-order chi connectivity index (χ1) is 9.68. The number of aromatic amines is 1. The van der Waals surface area contributed by atoms with Crippen LogP contribution in [0.1, 0.15) is 16.7 Å². The number of nitrogens with zero attached hydrogens (tertiary/aromatic N) is 1. The van der Waals surface area contributed by atoms with Crippen molar-refractivity contribution in [1.29, 1.82) is 0 Å². The number of rotatable bonds is 3. The summed E-state index contributed by atoms with van der Waals surface area (Å²) in [5, 5.41) is 4.96. The molecule has 2 rings (SSSR count). The summed E-state index contributed by atoms with van der Waals surface area (Å²) in [5.41, 5.74) is 1.12. The summed E-state index contributed by atoms with van der Waals surface area (Å²) in [6.07, 6.45) is 0.971. The van der Waals surface area contributed by atoms with Gasteiger partial charge in [0.2, 0.25) is 10.0 Å². The summed E-state index contributed by atoms with van der Waals surface area (Å²) in [4.78, 5) is 24.6. The number of aromatic nitrogens is 2. The third-order valence-electron chi connectivity index (χ3n) is 3.13. The Morgan fingerprint density at radius 1 is 1.24 bits per heavy atom. The van der Waals surface area contributed by atoms with Crippen molar-refractivity contribution in [1.82, 2.24) is 9.55 Å². The molecule has 0 saturated heterocycles. The largest absolute Gasteiger partial charge is 0.328 e. The summed E-state index contributed by atoms with van der Waals surface area (Å²) in [5.74, 6) is 0. The van der Waals surface area contributed by atoms with E-state index in [0.717, 1.165) is 27.5 Å². The van der Waals surface area contributed by atoms with Crippen LogP contribution in [0, 0.1) is 13.8 Å². The van der Waals surface area contributed by atoms with Gasteiger partial charge in [-0.3, -0.25) is 14.3 Å². The lowest BCUT2D eigenvalue weighted by atomic mass is 10.1. The molecule has 0 aliphatic heterocycles. The number of H-pyrrole nitrogens is 1. The minimum atomic E-state index is -4.19. The highest BCUT2D eigenvalue weighted by atomic mass is 32.2. The third kappa shape index (κ3) is 3.29. The van der Waals surface area contributed by atoms with Crippen molar-refractivity contribution in [2.75, 3.05) is 0 Å². The highest BCUT2D eigenvalue weighted by Gasteiger charge is 2.15. The fourth-order valence-electron chi connectivity index (χ4n) is 1.96. The highest BCUT2D eigenvalue weighted by molar-refractivity contribution is 7.89. The molecule has 0 spiro atoms. The monoisotopic (exact) mass is 309 g/mol. The summed E-state index contributed by atoms with van der Waals surface area (Å²) in [7, 11) is -4.19. The van der Waals surface area contributed by atoms with Gasteiger partial charge in [-0.05, 0) is 25.0 Å². The predicted molar refractivity (Wildman–Crippen MR) is 77.7 cm³/mol. The zero-order valence-corrected chi connectivity index (χ0v) is 12.4. The van der Waals surface area contributed by atoms with Crippen LogP contribution in [0.15, 0.2) is 38.9 Å². The molecule has 0 amide bonds. The Morgan fingerprint density at radius 2 is 1.90 bits per heavy atom. The van der Waals surface area contributed by atoms with E-state index in [0.29, 0.717) is 0 Å². The molecule has 0 unspecified atom stereocenters. The van der Waals surface area contributed by atoms with E-state index < -0.39 is 26.2 Å². The Labute approximate surface area is 121 Å². The lowest BCUT2D eigenvalue weighted by molar-refractivity contribution is 0.591. The number of nitrogens with two attached hydrogens (primary N) is 1. The van der Waals surface area contributed by atoms with Gasteiger partial charge in [0.05, 0.1) is 6.54 Å². The van der Waals surface area contributed by atoms with Crippen LogP contribution in [0.5, 0.6) is 0 Å². The van der Waals surface area contributed by atoms with Gasteiger partial charge in [0, 0.05) is 6.20 Å².